The molecule has 1 heterocycles. The van der Waals surface area contributed by atoms with Crippen LogP contribution in [0.15, 0.2) is 60.8 Å². The van der Waals surface area contributed by atoms with Crippen molar-refractivity contribution in [1.29, 1.82) is 0 Å². The van der Waals surface area contributed by atoms with Crippen LogP contribution in [0.1, 0.15) is 47.3 Å². The molecule has 0 unspecified atom stereocenters. The van der Waals surface area contributed by atoms with Crippen molar-refractivity contribution < 1.29 is 22.8 Å². The highest BCUT2D eigenvalue weighted by atomic mass is 19.4. The SMILES string of the molecule is CCN(Cc1cccc(NC(=O)c2cnn(-c3ccccc3)c2C2CC2)c1)C(=O)C(F)(F)F. The van der Waals surface area contributed by atoms with Gasteiger partial charge in [0.25, 0.3) is 5.91 Å². The minimum Gasteiger partial charge on any atom is -0.331 e. The molecule has 0 spiro atoms. The zero-order valence-corrected chi connectivity index (χ0v) is 18.0. The molecule has 1 saturated carbocycles. The molecule has 1 N–H and O–H groups in total. The molecule has 3 aromatic rings. The van der Waals surface area contributed by atoms with Gasteiger partial charge in [0, 0.05) is 24.7 Å². The highest BCUT2D eigenvalue weighted by Gasteiger charge is 2.42. The van der Waals surface area contributed by atoms with Crippen molar-refractivity contribution >= 4 is 17.5 Å². The van der Waals surface area contributed by atoms with Crippen molar-refractivity contribution in [3.8, 4) is 5.69 Å². The summed E-state index contributed by atoms with van der Waals surface area (Å²) >= 11 is 0. The van der Waals surface area contributed by atoms with Gasteiger partial charge in [0.15, 0.2) is 0 Å². The van der Waals surface area contributed by atoms with Crippen LogP contribution < -0.4 is 5.32 Å². The first-order valence-electron chi connectivity index (χ1n) is 10.7. The summed E-state index contributed by atoms with van der Waals surface area (Å²) < 4.78 is 40.2. The van der Waals surface area contributed by atoms with Gasteiger partial charge in [-0.05, 0) is 49.6 Å². The van der Waals surface area contributed by atoms with Crippen molar-refractivity contribution in [2.75, 3.05) is 11.9 Å². The quantitative estimate of drug-likeness (QED) is 0.549. The molecule has 1 fully saturated rings. The Bertz CT molecular complexity index is 1150. The van der Waals surface area contributed by atoms with E-state index in [0.29, 0.717) is 16.8 Å². The number of aromatic nitrogens is 2. The summed E-state index contributed by atoms with van der Waals surface area (Å²) in [6.45, 7) is 1.19. The van der Waals surface area contributed by atoms with Crippen LogP contribution in [-0.2, 0) is 11.3 Å². The maximum absolute atomic E-state index is 13.1. The lowest BCUT2D eigenvalue weighted by Crippen LogP contribution is -2.40. The fraction of sp³-hybridized carbons (Fsp3) is 0.292. The number of halogens is 3. The first-order valence-corrected chi connectivity index (χ1v) is 10.7. The van der Waals surface area contributed by atoms with E-state index in [9.17, 15) is 22.8 Å². The molecular formula is C24H23F3N4O2. The van der Waals surface area contributed by atoms with E-state index < -0.39 is 12.1 Å². The number of hydrogen-bond acceptors (Lipinski definition) is 3. The van der Waals surface area contributed by atoms with Crippen LogP contribution >= 0.6 is 0 Å². The number of alkyl halides is 3. The maximum atomic E-state index is 13.1. The smallest absolute Gasteiger partial charge is 0.331 e. The predicted octanol–water partition coefficient (Wildman–Crippen LogP) is 4.91. The summed E-state index contributed by atoms with van der Waals surface area (Å²) in [7, 11) is 0. The predicted molar refractivity (Wildman–Crippen MR) is 117 cm³/mol. The molecule has 172 valence electrons. The van der Waals surface area contributed by atoms with E-state index in [1.807, 2.05) is 30.3 Å². The first-order chi connectivity index (χ1) is 15.8. The lowest BCUT2D eigenvalue weighted by atomic mass is 10.1. The summed E-state index contributed by atoms with van der Waals surface area (Å²) in [6, 6.07) is 16.0. The second kappa shape index (κ2) is 9.09. The Balaban J connectivity index is 1.53. The summed E-state index contributed by atoms with van der Waals surface area (Å²) in [4.78, 5) is 25.4. The Morgan fingerprint density at radius 3 is 2.48 bits per heavy atom. The van der Waals surface area contributed by atoms with Crippen LogP contribution in [-0.4, -0.2) is 39.2 Å². The summed E-state index contributed by atoms with van der Waals surface area (Å²) in [5, 5.41) is 7.25. The van der Waals surface area contributed by atoms with Crippen LogP contribution in [0.3, 0.4) is 0 Å². The minimum absolute atomic E-state index is 0.0850. The number of benzene rings is 2. The molecule has 4 rings (SSSR count). The van der Waals surface area contributed by atoms with Crippen LogP contribution in [0.2, 0.25) is 0 Å². The van der Waals surface area contributed by atoms with Gasteiger partial charge in [0.2, 0.25) is 0 Å². The Hall–Kier alpha value is -3.62. The second-order valence-electron chi connectivity index (χ2n) is 7.94. The van der Waals surface area contributed by atoms with Gasteiger partial charge in [-0.2, -0.15) is 18.3 Å². The van der Waals surface area contributed by atoms with Crippen LogP contribution in [0.4, 0.5) is 18.9 Å². The maximum Gasteiger partial charge on any atom is 0.471 e. The number of amides is 2. The van der Waals surface area contributed by atoms with Crippen LogP contribution in [0.5, 0.6) is 0 Å². The number of rotatable bonds is 7. The molecule has 1 aliphatic rings. The minimum atomic E-state index is -4.93. The lowest BCUT2D eigenvalue weighted by Gasteiger charge is -2.22. The molecule has 1 aromatic heterocycles. The van der Waals surface area contributed by atoms with Crippen molar-refractivity contribution in [1.82, 2.24) is 14.7 Å². The molecule has 2 aromatic carbocycles. The molecule has 2 amide bonds. The van der Waals surface area contributed by atoms with Gasteiger partial charge in [0.1, 0.15) is 0 Å². The van der Waals surface area contributed by atoms with Gasteiger partial charge in [-0.3, -0.25) is 9.59 Å². The van der Waals surface area contributed by atoms with Crippen LogP contribution in [0, 0.1) is 0 Å². The van der Waals surface area contributed by atoms with E-state index in [1.165, 1.54) is 6.92 Å². The van der Waals surface area contributed by atoms with Gasteiger partial charge in [-0.1, -0.05) is 30.3 Å². The molecule has 33 heavy (non-hydrogen) atoms. The fourth-order valence-corrected chi connectivity index (χ4v) is 3.73. The van der Waals surface area contributed by atoms with E-state index in [4.69, 9.17) is 0 Å². The third kappa shape index (κ3) is 5.08. The molecule has 0 aliphatic heterocycles. The Morgan fingerprint density at radius 2 is 1.85 bits per heavy atom. The van der Waals surface area contributed by atoms with E-state index in [-0.39, 0.29) is 24.9 Å². The number of carbonyl (C=O) groups is 2. The van der Waals surface area contributed by atoms with E-state index in [1.54, 1.807) is 35.1 Å². The highest BCUT2D eigenvalue weighted by Crippen LogP contribution is 2.42. The molecule has 0 bridgehead atoms. The Labute approximate surface area is 189 Å². The summed E-state index contributed by atoms with van der Waals surface area (Å²) in [5.41, 5.74) is 3.10. The molecule has 0 radical (unpaired) electrons. The first kappa shape index (κ1) is 22.6. The number of hydrogen-bond donors (Lipinski definition) is 1. The van der Waals surface area contributed by atoms with Gasteiger partial charge in [0.05, 0.1) is 23.1 Å². The zero-order valence-electron chi connectivity index (χ0n) is 18.0. The highest BCUT2D eigenvalue weighted by molar-refractivity contribution is 6.05. The number of nitrogens with zero attached hydrogens (tertiary/aromatic N) is 3. The zero-order chi connectivity index (χ0) is 23.6. The molecule has 9 heteroatoms. The van der Waals surface area contributed by atoms with Crippen LogP contribution in [0.25, 0.3) is 5.69 Å². The molecule has 0 saturated heterocycles. The number of carbonyl (C=O) groups excluding carboxylic acids is 2. The molecular weight excluding hydrogens is 433 g/mol. The number of para-hydroxylation sites is 1. The third-order valence-corrected chi connectivity index (χ3v) is 5.49. The fourth-order valence-electron chi connectivity index (χ4n) is 3.73. The monoisotopic (exact) mass is 456 g/mol. The lowest BCUT2D eigenvalue weighted by molar-refractivity contribution is -0.185. The van der Waals surface area contributed by atoms with Gasteiger partial charge >= 0.3 is 12.1 Å². The largest absolute Gasteiger partial charge is 0.471 e. The average molecular weight is 456 g/mol. The Morgan fingerprint density at radius 1 is 1.12 bits per heavy atom. The topological polar surface area (TPSA) is 67.2 Å². The van der Waals surface area contributed by atoms with Crippen molar-refractivity contribution in [3.05, 3.63) is 77.6 Å². The normalized spacial score (nSPS) is 13.6. The van der Waals surface area contributed by atoms with E-state index in [0.717, 1.165) is 29.1 Å². The molecule has 6 nitrogen and oxygen atoms in total. The van der Waals surface area contributed by atoms with Gasteiger partial charge in [-0.25, -0.2) is 4.68 Å². The van der Waals surface area contributed by atoms with Gasteiger partial charge in [-0.15, -0.1) is 0 Å². The summed E-state index contributed by atoms with van der Waals surface area (Å²) in [6.07, 6.45) is -1.43. The van der Waals surface area contributed by atoms with Gasteiger partial charge < -0.3 is 10.2 Å². The van der Waals surface area contributed by atoms with E-state index in [2.05, 4.69) is 10.4 Å². The van der Waals surface area contributed by atoms with Crippen molar-refractivity contribution in [2.24, 2.45) is 0 Å². The summed E-state index contributed by atoms with van der Waals surface area (Å²) in [5.74, 6) is -1.97. The van der Waals surface area contributed by atoms with Crippen molar-refractivity contribution in [3.63, 3.8) is 0 Å². The van der Waals surface area contributed by atoms with Crippen molar-refractivity contribution in [2.45, 2.75) is 38.4 Å². The standard InChI is InChI=1S/C24H23F3N4O2/c1-2-30(23(33)24(25,26)27)15-16-7-6-8-18(13-16)29-22(32)20-14-28-31(21(20)17-11-12-17)19-9-4-3-5-10-19/h3-10,13-14,17H,2,11-12,15H2,1H3,(H,29,32). The number of anilines is 1. The average Bonchev–Trinajstić information content (AvgIpc) is 3.54. The molecule has 1 aliphatic carbocycles. The third-order valence-electron chi connectivity index (χ3n) is 5.49. The van der Waals surface area contributed by atoms with E-state index >= 15 is 0 Å². The Kier molecular flexibility index (Phi) is 6.22. The molecule has 0 atom stereocenters. The second-order valence-corrected chi connectivity index (χ2v) is 7.94. The number of nitrogens with one attached hydrogen (secondary N) is 1.